The molecule has 0 spiro atoms. The van der Waals surface area contributed by atoms with E-state index in [1.165, 1.54) is 6.07 Å². The lowest BCUT2D eigenvalue weighted by Gasteiger charge is -2.14. The average Bonchev–Trinajstić information content (AvgIpc) is 3.15. The molecule has 4 rings (SSSR count). The molecule has 0 aliphatic rings. The summed E-state index contributed by atoms with van der Waals surface area (Å²) in [4.78, 5) is 8.21. The van der Waals surface area contributed by atoms with Crippen LogP contribution < -0.4 is 5.32 Å². The second kappa shape index (κ2) is 6.42. The van der Waals surface area contributed by atoms with Crippen LogP contribution in [0.25, 0.3) is 16.6 Å². The largest absolute Gasteiger partial charge is 0.416 e. The Balaban J connectivity index is 1.78. The fourth-order valence-electron chi connectivity index (χ4n) is 2.98. The number of aromatic nitrogens is 3. The molecule has 7 heteroatoms. The van der Waals surface area contributed by atoms with Crippen LogP contribution in [-0.2, 0) is 6.18 Å². The zero-order chi connectivity index (χ0) is 19.0. The van der Waals surface area contributed by atoms with Gasteiger partial charge in [-0.25, -0.2) is 4.98 Å². The molecule has 0 atom stereocenters. The normalized spacial score (nSPS) is 11.7. The number of halogens is 3. The number of hydrogen-bond acceptors (Lipinski definition) is 3. The number of aryl methyl sites for hydroxylation is 1. The van der Waals surface area contributed by atoms with E-state index in [0.29, 0.717) is 16.6 Å². The van der Waals surface area contributed by atoms with Crippen molar-refractivity contribution in [3.05, 3.63) is 78.5 Å². The predicted molar refractivity (Wildman–Crippen MR) is 98.3 cm³/mol. The fraction of sp³-hybridized carbons (Fsp3) is 0.100. The van der Waals surface area contributed by atoms with Crippen LogP contribution in [0.2, 0.25) is 0 Å². The number of fused-ring (bicyclic) bond motifs is 1. The van der Waals surface area contributed by atoms with Crippen molar-refractivity contribution in [1.82, 2.24) is 14.5 Å². The first-order valence-electron chi connectivity index (χ1n) is 8.23. The van der Waals surface area contributed by atoms with Crippen LogP contribution in [0.5, 0.6) is 0 Å². The van der Waals surface area contributed by atoms with Crippen LogP contribution in [0.4, 0.5) is 24.5 Å². The van der Waals surface area contributed by atoms with Crippen LogP contribution in [0, 0.1) is 6.92 Å². The van der Waals surface area contributed by atoms with Gasteiger partial charge in [-0.2, -0.15) is 13.2 Å². The number of anilines is 2. The Morgan fingerprint density at radius 1 is 1.00 bits per heavy atom. The first-order chi connectivity index (χ1) is 12.9. The lowest BCUT2D eigenvalue weighted by atomic mass is 10.1. The van der Waals surface area contributed by atoms with Crippen molar-refractivity contribution in [3.8, 4) is 5.69 Å². The van der Waals surface area contributed by atoms with Crippen molar-refractivity contribution in [1.29, 1.82) is 0 Å². The average molecular weight is 368 g/mol. The third-order valence-corrected chi connectivity index (χ3v) is 4.21. The number of alkyl halides is 3. The molecule has 2 aromatic heterocycles. The van der Waals surface area contributed by atoms with E-state index in [0.717, 1.165) is 29.1 Å². The first-order valence-corrected chi connectivity index (χ1v) is 8.23. The molecule has 0 aliphatic heterocycles. The summed E-state index contributed by atoms with van der Waals surface area (Å²) in [5, 5.41) is 3.64. The van der Waals surface area contributed by atoms with Crippen molar-refractivity contribution in [3.63, 3.8) is 0 Å². The summed E-state index contributed by atoms with van der Waals surface area (Å²) in [5.74, 6) is 0. The van der Waals surface area contributed by atoms with E-state index in [4.69, 9.17) is 0 Å². The zero-order valence-corrected chi connectivity index (χ0v) is 14.3. The highest BCUT2D eigenvalue weighted by molar-refractivity contribution is 5.93. The summed E-state index contributed by atoms with van der Waals surface area (Å²) in [6.07, 6.45) is 2.38. The number of imidazole rings is 1. The Labute approximate surface area is 153 Å². The van der Waals surface area contributed by atoms with Gasteiger partial charge in [0.25, 0.3) is 0 Å². The van der Waals surface area contributed by atoms with Crippen molar-refractivity contribution >= 4 is 22.3 Å². The number of nitrogens with one attached hydrogen (secondary N) is 1. The maximum absolute atomic E-state index is 13.1. The fourth-order valence-corrected chi connectivity index (χ4v) is 2.98. The molecule has 0 saturated carbocycles. The summed E-state index contributed by atoms with van der Waals surface area (Å²) in [7, 11) is 0. The zero-order valence-electron chi connectivity index (χ0n) is 14.3. The molecule has 4 aromatic rings. The van der Waals surface area contributed by atoms with Gasteiger partial charge in [0, 0.05) is 41.0 Å². The number of benzene rings is 2. The number of hydrogen-bond donors (Lipinski definition) is 1. The lowest BCUT2D eigenvalue weighted by Crippen LogP contribution is -2.05. The summed E-state index contributed by atoms with van der Waals surface area (Å²) < 4.78 is 41.1. The Hall–Kier alpha value is -3.35. The SMILES string of the molecule is Cc1cc(Nc2ccnc3ccc(C(F)(F)F)cc23)cc(-n2ccnc2)c1. The van der Waals surface area contributed by atoms with Gasteiger partial charge in [0.05, 0.1) is 17.4 Å². The molecule has 0 bridgehead atoms. The van der Waals surface area contributed by atoms with Crippen molar-refractivity contribution in [2.45, 2.75) is 13.1 Å². The number of nitrogens with zero attached hydrogens (tertiary/aromatic N) is 3. The highest BCUT2D eigenvalue weighted by Gasteiger charge is 2.30. The maximum atomic E-state index is 13.1. The third kappa shape index (κ3) is 3.48. The van der Waals surface area contributed by atoms with Gasteiger partial charge in [-0.1, -0.05) is 0 Å². The Morgan fingerprint density at radius 2 is 1.85 bits per heavy atom. The van der Waals surface area contributed by atoms with Crippen molar-refractivity contribution in [2.24, 2.45) is 0 Å². The summed E-state index contributed by atoms with van der Waals surface area (Å²) in [6.45, 7) is 1.96. The molecular weight excluding hydrogens is 353 g/mol. The predicted octanol–water partition coefficient (Wildman–Crippen LogP) is 5.49. The van der Waals surface area contributed by atoms with Crippen molar-refractivity contribution in [2.75, 3.05) is 5.32 Å². The van der Waals surface area contributed by atoms with Crippen LogP contribution in [0.15, 0.2) is 67.4 Å². The minimum Gasteiger partial charge on any atom is -0.355 e. The molecule has 0 amide bonds. The number of pyridine rings is 1. The number of rotatable bonds is 3. The smallest absolute Gasteiger partial charge is 0.355 e. The first kappa shape index (κ1) is 17.1. The van der Waals surface area contributed by atoms with Gasteiger partial charge >= 0.3 is 6.18 Å². The minimum absolute atomic E-state index is 0.415. The van der Waals surface area contributed by atoms with Crippen LogP contribution >= 0.6 is 0 Å². The van der Waals surface area contributed by atoms with Gasteiger partial charge in [0.15, 0.2) is 0 Å². The van der Waals surface area contributed by atoms with Crippen LogP contribution in [0.3, 0.4) is 0 Å². The van der Waals surface area contributed by atoms with Crippen molar-refractivity contribution < 1.29 is 13.2 Å². The van der Waals surface area contributed by atoms with Gasteiger partial charge in [-0.15, -0.1) is 0 Å². The second-order valence-electron chi connectivity index (χ2n) is 6.24. The molecule has 136 valence electrons. The van der Waals surface area contributed by atoms with E-state index in [1.807, 2.05) is 35.9 Å². The maximum Gasteiger partial charge on any atom is 0.416 e. The molecule has 0 unspecified atom stereocenters. The van der Waals surface area contributed by atoms with Crippen LogP contribution in [-0.4, -0.2) is 14.5 Å². The monoisotopic (exact) mass is 368 g/mol. The third-order valence-electron chi connectivity index (χ3n) is 4.21. The minimum atomic E-state index is -4.40. The van der Waals surface area contributed by atoms with Gasteiger partial charge in [-0.05, 0) is 55.0 Å². The Kier molecular flexibility index (Phi) is 4.07. The van der Waals surface area contributed by atoms with Gasteiger partial charge in [0.2, 0.25) is 0 Å². The summed E-state index contributed by atoms with van der Waals surface area (Å²) in [6, 6.07) is 11.1. The molecule has 4 nitrogen and oxygen atoms in total. The quantitative estimate of drug-likeness (QED) is 0.520. The Bertz CT molecular complexity index is 1100. The van der Waals surface area contributed by atoms with Gasteiger partial charge in [-0.3, -0.25) is 4.98 Å². The van der Waals surface area contributed by atoms with E-state index in [2.05, 4.69) is 15.3 Å². The highest BCUT2D eigenvalue weighted by Crippen LogP contribution is 2.34. The van der Waals surface area contributed by atoms with Crippen LogP contribution in [0.1, 0.15) is 11.1 Å². The summed E-state index contributed by atoms with van der Waals surface area (Å²) >= 11 is 0. The van der Waals surface area contributed by atoms with E-state index in [9.17, 15) is 13.2 Å². The molecule has 27 heavy (non-hydrogen) atoms. The molecule has 2 aromatic carbocycles. The molecule has 2 heterocycles. The van der Waals surface area contributed by atoms with E-state index < -0.39 is 11.7 Å². The second-order valence-corrected chi connectivity index (χ2v) is 6.24. The van der Waals surface area contributed by atoms with E-state index >= 15 is 0 Å². The van der Waals surface area contributed by atoms with Gasteiger partial charge < -0.3 is 9.88 Å². The topological polar surface area (TPSA) is 42.7 Å². The molecule has 1 N–H and O–H groups in total. The van der Waals surface area contributed by atoms with E-state index in [1.54, 1.807) is 24.8 Å². The standard InChI is InChI=1S/C20H15F3N4/c1-13-8-15(11-16(9-13)27-7-6-24-12-27)26-19-4-5-25-18-3-2-14(10-17(18)19)20(21,22)23/h2-12H,1H3,(H,25,26). The Morgan fingerprint density at radius 3 is 2.59 bits per heavy atom. The molecule has 0 radical (unpaired) electrons. The van der Waals surface area contributed by atoms with Gasteiger partial charge in [0.1, 0.15) is 0 Å². The molecule has 0 aliphatic carbocycles. The summed E-state index contributed by atoms with van der Waals surface area (Å²) in [5.41, 5.74) is 3.05. The highest BCUT2D eigenvalue weighted by atomic mass is 19.4. The lowest BCUT2D eigenvalue weighted by molar-refractivity contribution is -0.137. The molecule has 0 fully saturated rings. The van der Waals surface area contributed by atoms with E-state index in [-0.39, 0.29) is 0 Å². The molecule has 0 saturated heterocycles. The molecular formula is C20H15F3N4.